The molecule has 5 nitrogen and oxygen atoms in total. The molecule has 0 aliphatic heterocycles. The minimum Gasteiger partial charge on any atom is -0.477 e. The normalized spacial score (nSPS) is 13.6. The van der Waals surface area contributed by atoms with Gasteiger partial charge in [0.2, 0.25) is 0 Å². The topological polar surface area (TPSA) is 76.0 Å². The van der Waals surface area contributed by atoms with E-state index in [1.807, 2.05) is 0 Å². The number of ketones is 1. The van der Waals surface area contributed by atoms with Crippen LogP contribution in [0.2, 0.25) is 0 Å². The lowest BCUT2D eigenvalue weighted by atomic mass is 9.96. The summed E-state index contributed by atoms with van der Waals surface area (Å²) in [6.45, 7) is 3.06. The van der Waals surface area contributed by atoms with Gasteiger partial charge in [-0.15, -0.1) is 0 Å². The van der Waals surface area contributed by atoms with Crippen LogP contribution in [0.1, 0.15) is 20.3 Å². The van der Waals surface area contributed by atoms with Crippen molar-refractivity contribution in [1.82, 2.24) is 0 Å². The maximum atomic E-state index is 11.0. The third-order valence-electron chi connectivity index (χ3n) is 1.64. The van der Waals surface area contributed by atoms with E-state index < -0.39 is 11.9 Å². The number of Topliss-reactive ketones (excluding diaryl/α,β-unsaturated/α-hetero) is 1. The second kappa shape index (κ2) is 5.29. The summed E-state index contributed by atoms with van der Waals surface area (Å²) in [7, 11) is 1.25. The highest BCUT2D eigenvalue weighted by atomic mass is 16.6. The molecule has 5 heteroatoms. The Balaban J connectivity index is 4.80. The molecule has 0 amide bonds. The molecule has 0 aromatic heterocycles. The van der Waals surface area contributed by atoms with E-state index in [-0.39, 0.29) is 11.5 Å². The van der Waals surface area contributed by atoms with Crippen LogP contribution in [0.5, 0.6) is 0 Å². The largest absolute Gasteiger partial charge is 0.477 e. The standard InChI is InChI=1S/C8H13NO4/c1-4-6(5(2)10)7(8(11)12)9-13-3/h6H,4H2,1-3H3,(H,11,12)/b9-7-. The van der Waals surface area contributed by atoms with Gasteiger partial charge >= 0.3 is 5.97 Å². The molecule has 0 rings (SSSR count). The zero-order valence-corrected chi connectivity index (χ0v) is 7.90. The molecule has 0 saturated carbocycles. The van der Waals surface area contributed by atoms with Crippen LogP contribution in [0, 0.1) is 5.92 Å². The summed E-state index contributed by atoms with van der Waals surface area (Å²) in [5.74, 6) is -2.12. The smallest absolute Gasteiger partial charge is 0.354 e. The van der Waals surface area contributed by atoms with Crippen molar-refractivity contribution in [3.05, 3.63) is 0 Å². The molecule has 1 unspecified atom stereocenters. The Hall–Kier alpha value is -1.39. The fourth-order valence-electron chi connectivity index (χ4n) is 1.02. The molecule has 0 aliphatic rings. The highest BCUT2D eigenvalue weighted by Gasteiger charge is 2.25. The highest BCUT2D eigenvalue weighted by molar-refractivity contribution is 6.40. The van der Waals surface area contributed by atoms with Gasteiger partial charge in [-0.1, -0.05) is 12.1 Å². The van der Waals surface area contributed by atoms with Crippen LogP contribution in [0.15, 0.2) is 5.16 Å². The number of carboxylic acid groups (broad SMARTS) is 1. The second-order valence-electron chi connectivity index (χ2n) is 2.54. The van der Waals surface area contributed by atoms with Gasteiger partial charge in [0.25, 0.3) is 0 Å². The van der Waals surface area contributed by atoms with E-state index in [2.05, 4.69) is 9.99 Å². The number of carbonyl (C=O) groups excluding carboxylic acids is 1. The van der Waals surface area contributed by atoms with Crippen LogP contribution < -0.4 is 0 Å². The van der Waals surface area contributed by atoms with Gasteiger partial charge in [0.15, 0.2) is 5.71 Å². The molecule has 0 fully saturated rings. The lowest BCUT2D eigenvalue weighted by Crippen LogP contribution is -2.28. The average Bonchev–Trinajstić information content (AvgIpc) is 2.03. The number of oxime groups is 1. The molecule has 0 spiro atoms. The Morgan fingerprint density at radius 2 is 2.08 bits per heavy atom. The Kier molecular flexibility index (Phi) is 4.72. The minimum atomic E-state index is -1.22. The van der Waals surface area contributed by atoms with Gasteiger partial charge in [-0.2, -0.15) is 0 Å². The summed E-state index contributed by atoms with van der Waals surface area (Å²) >= 11 is 0. The molecule has 74 valence electrons. The number of carbonyl (C=O) groups is 2. The number of hydrogen-bond acceptors (Lipinski definition) is 4. The van der Waals surface area contributed by atoms with Crippen molar-refractivity contribution >= 4 is 17.5 Å². The monoisotopic (exact) mass is 187 g/mol. The van der Waals surface area contributed by atoms with E-state index in [0.717, 1.165) is 0 Å². The molecule has 0 saturated heterocycles. The van der Waals surface area contributed by atoms with Gasteiger partial charge in [-0.3, -0.25) is 4.79 Å². The molecular formula is C8H13NO4. The van der Waals surface area contributed by atoms with Crippen LogP contribution in [0.3, 0.4) is 0 Å². The SMILES string of the molecule is CCC(C(C)=O)/C(=N/OC)C(=O)O. The van der Waals surface area contributed by atoms with Gasteiger partial charge in [0.1, 0.15) is 12.9 Å². The van der Waals surface area contributed by atoms with Crippen molar-refractivity contribution in [1.29, 1.82) is 0 Å². The molecule has 13 heavy (non-hydrogen) atoms. The summed E-state index contributed by atoms with van der Waals surface area (Å²) in [5.41, 5.74) is -0.238. The van der Waals surface area contributed by atoms with E-state index in [4.69, 9.17) is 5.11 Å². The van der Waals surface area contributed by atoms with Crippen LogP contribution in [-0.4, -0.2) is 29.7 Å². The first-order valence-electron chi connectivity index (χ1n) is 3.89. The Labute approximate surface area is 76.4 Å². The Morgan fingerprint density at radius 3 is 2.31 bits per heavy atom. The predicted octanol–water partition coefficient (Wildman–Crippen LogP) is 0.689. The summed E-state index contributed by atoms with van der Waals surface area (Å²) in [6.07, 6.45) is 0.407. The summed E-state index contributed by atoms with van der Waals surface area (Å²) in [6, 6.07) is 0. The second-order valence-corrected chi connectivity index (χ2v) is 2.54. The Bertz CT molecular complexity index is 234. The van der Waals surface area contributed by atoms with Crippen LogP contribution >= 0.6 is 0 Å². The van der Waals surface area contributed by atoms with E-state index in [9.17, 15) is 9.59 Å². The molecule has 0 radical (unpaired) electrons. The van der Waals surface area contributed by atoms with Crippen LogP contribution in [0.25, 0.3) is 0 Å². The van der Waals surface area contributed by atoms with E-state index in [1.54, 1.807) is 6.92 Å². The van der Waals surface area contributed by atoms with Crippen molar-refractivity contribution in [3.8, 4) is 0 Å². The summed E-state index contributed by atoms with van der Waals surface area (Å²) in [5, 5.41) is 12.0. The number of hydrogen-bond donors (Lipinski definition) is 1. The van der Waals surface area contributed by atoms with Gasteiger partial charge in [-0.05, 0) is 13.3 Å². The number of aliphatic carboxylic acids is 1. The maximum Gasteiger partial charge on any atom is 0.354 e. The molecule has 1 atom stereocenters. The van der Waals surface area contributed by atoms with Gasteiger partial charge in [0, 0.05) is 0 Å². The Morgan fingerprint density at radius 1 is 1.54 bits per heavy atom. The first kappa shape index (κ1) is 11.6. The molecule has 0 heterocycles. The molecule has 0 aromatic rings. The van der Waals surface area contributed by atoms with Crippen molar-refractivity contribution < 1.29 is 19.5 Å². The quantitative estimate of drug-likeness (QED) is 0.507. The van der Waals surface area contributed by atoms with Crippen molar-refractivity contribution in [2.24, 2.45) is 11.1 Å². The first-order chi connectivity index (χ1) is 6.04. The highest BCUT2D eigenvalue weighted by Crippen LogP contribution is 2.07. The van der Waals surface area contributed by atoms with Gasteiger partial charge < -0.3 is 9.94 Å². The van der Waals surface area contributed by atoms with E-state index >= 15 is 0 Å². The van der Waals surface area contributed by atoms with Crippen LogP contribution in [-0.2, 0) is 14.4 Å². The maximum absolute atomic E-state index is 11.0. The molecule has 0 bridgehead atoms. The fraction of sp³-hybridized carbons (Fsp3) is 0.625. The molecule has 1 N–H and O–H groups in total. The summed E-state index contributed by atoms with van der Waals surface area (Å²) < 4.78 is 0. The average molecular weight is 187 g/mol. The van der Waals surface area contributed by atoms with Crippen molar-refractivity contribution in [2.45, 2.75) is 20.3 Å². The lowest BCUT2D eigenvalue weighted by molar-refractivity contribution is -0.131. The first-order valence-corrected chi connectivity index (χ1v) is 3.89. The lowest BCUT2D eigenvalue weighted by Gasteiger charge is -2.09. The predicted molar refractivity (Wildman–Crippen MR) is 46.5 cm³/mol. The van der Waals surface area contributed by atoms with Gasteiger partial charge in [-0.25, -0.2) is 4.79 Å². The van der Waals surface area contributed by atoms with Gasteiger partial charge in [0.05, 0.1) is 5.92 Å². The van der Waals surface area contributed by atoms with E-state index in [1.165, 1.54) is 14.0 Å². The fourth-order valence-corrected chi connectivity index (χ4v) is 1.02. The molecular weight excluding hydrogens is 174 g/mol. The number of rotatable bonds is 5. The van der Waals surface area contributed by atoms with Crippen LogP contribution in [0.4, 0.5) is 0 Å². The number of nitrogens with zero attached hydrogens (tertiary/aromatic N) is 1. The summed E-state index contributed by atoms with van der Waals surface area (Å²) in [4.78, 5) is 26.0. The molecule has 0 aliphatic carbocycles. The number of carboxylic acids is 1. The van der Waals surface area contributed by atoms with Crippen molar-refractivity contribution in [2.75, 3.05) is 7.11 Å². The van der Waals surface area contributed by atoms with Crippen molar-refractivity contribution in [3.63, 3.8) is 0 Å². The zero-order chi connectivity index (χ0) is 10.4. The van der Waals surface area contributed by atoms with E-state index in [0.29, 0.717) is 6.42 Å². The molecule has 0 aromatic carbocycles. The third kappa shape index (κ3) is 3.23. The third-order valence-corrected chi connectivity index (χ3v) is 1.64. The zero-order valence-electron chi connectivity index (χ0n) is 7.90. The minimum absolute atomic E-state index is 0.222.